The van der Waals surface area contributed by atoms with Gasteiger partial charge in [0.25, 0.3) is 0 Å². The van der Waals surface area contributed by atoms with Gasteiger partial charge in [0, 0.05) is 50.7 Å². The van der Waals surface area contributed by atoms with Crippen molar-refractivity contribution < 1.29 is 17.2 Å². The first-order valence-corrected chi connectivity index (χ1v) is 10.3. The van der Waals surface area contributed by atoms with Gasteiger partial charge in [0.05, 0.1) is 4.90 Å². The molecule has 0 aliphatic carbocycles. The van der Waals surface area contributed by atoms with E-state index < -0.39 is 21.7 Å². The Balaban J connectivity index is 1.52. The van der Waals surface area contributed by atoms with E-state index in [1.807, 2.05) is 4.90 Å². The van der Waals surface area contributed by atoms with Crippen molar-refractivity contribution >= 4 is 15.8 Å². The number of hydrogen-bond donors (Lipinski definition) is 0. The number of piperazine rings is 1. The Morgan fingerprint density at radius 1 is 0.931 bits per heavy atom. The van der Waals surface area contributed by atoms with Gasteiger partial charge >= 0.3 is 0 Å². The minimum atomic E-state index is -3.98. The van der Waals surface area contributed by atoms with Crippen LogP contribution in [0.5, 0.6) is 0 Å². The van der Waals surface area contributed by atoms with E-state index in [0.29, 0.717) is 36.6 Å². The summed E-state index contributed by atoms with van der Waals surface area (Å²) in [6, 6.07) is 4.11. The van der Waals surface area contributed by atoms with Crippen LogP contribution >= 0.6 is 0 Å². The Kier molecular flexibility index (Phi) is 5.01. The predicted octanol–water partition coefficient (Wildman–Crippen LogP) is 1.76. The molecular formula is C18H18F2N6O2S. The lowest BCUT2D eigenvalue weighted by Crippen LogP contribution is -2.49. The van der Waals surface area contributed by atoms with Crippen molar-refractivity contribution in [3.63, 3.8) is 0 Å². The Morgan fingerprint density at radius 2 is 1.59 bits per heavy atom. The van der Waals surface area contributed by atoms with Gasteiger partial charge < -0.3 is 4.90 Å². The average Bonchev–Trinajstić information content (AvgIpc) is 3.22. The third-order valence-corrected chi connectivity index (χ3v) is 6.49. The topological polar surface area (TPSA) is 84.2 Å². The average molecular weight is 420 g/mol. The van der Waals surface area contributed by atoms with Crippen molar-refractivity contribution in [2.45, 2.75) is 11.8 Å². The first-order chi connectivity index (χ1) is 13.8. The first kappa shape index (κ1) is 19.4. The zero-order valence-corrected chi connectivity index (χ0v) is 16.4. The Labute approximate surface area is 166 Å². The van der Waals surface area contributed by atoms with Crippen LogP contribution in [0, 0.1) is 18.6 Å². The standard InChI is InChI=1S/C18H18F2N6O2S/c1-13-22-17(11-18(23-13)25-3-2-21-12-25)24-4-6-26(7-5-24)29(27,28)16-9-14(19)8-15(20)10-16/h2-3,8-12H,4-7H2,1H3. The van der Waals surface area contributed by atoms with Crippen LogP contribution < -0.4 is 4.90 Å². The molecule has 1 aromatic carbocycles. The number of benzene rings is 1. The Hall–Kier alpha value is -2.92. The summed E-state index contributed by atoms with van der Waals surface area (Å²) in [7, 11) is -3.98. The van der Waals surface area contributed by atoms with Crippen molar-refractivity contribution in [1.82, 2.24) is 23.8 Å². The van der Waals surface area contributed by atoms with E-state index >= 15 is 0 Å². The quantitative estimate of drug-likeness (QED) is 0.640. The highest BCUT2D eigenvalue weighted by molar-refractivity contribution is 7.89. The van der Waals surface area contributed by atoms with Gasteiger partial charge in [-0.2, -0.15) is 4.31 Å². The molecule has 1 aliphatic rings. The summed E-state index contributed by atoms with van der Waals surface area (Å²) in [6.07, 6.45) is 5.05. The van der Waals surface area contributed by atoms with Crippen LogP contribution in [0.3, 0.4) is 0 Å². The molecule has 11 heteroatoms. The van der Waals surface area contributed by atoms with Crippen LogP contribution in [-0.2, 0) is 10.0 Å². The van der Waals surface area contributed by atoms with Crippen LogP contribution in [-0.4, -0.2) is 58.4 Å². The van der Waals surface area contributed by atoms with Gasteiger partial charge in [0.15, 0.2) is 0 Å². The largest absolute Gasteiger partial charge is 0.354 e. The van der Waals surface area contributed by atoms with Crippen molar-refractivity contribution in [3.05, 3.63) is 60.4 Å². The molecular weight excluding hydrogens is 402 g/mol. The fourth-order valence-electron chi connectivity index (χ4n) is 3.21. The van der Waals surface area contributed by atoms with Crippen molar-refractivity contribution in [1.29, 1.82) is 0 Å². The minimum Gasteiger partial charge on any atom is -0.354 e. The second-order valence-corrected chi connectivity index (χ2v) is 8.54. The Bertz CT molecular complexity index is 1110. The lowest BCUT2D eigenvalue weighted by Gasteiger charge is -2.34. The van der Waals surface area contributed by atoms with E-state index in [0.717, 1.165) is 12.1 Å². The number of halogens is 2. The van der Waals surface area contributed by atoms with Gasteiger partial charge in [-0.05, 0) is 19.1 Å². The summed E-state index contributed by atoms with van der Waals surface area (Å²) in [6.45, 7) is 2.89. The van der Waals surface area contributed by atoms with E-state index in [-0.39, 0.29) is 18.0 Å². The number of anilines is 1. The van der Waals surface area contributed by atoms with Crippen molar-refractivity contribution in [3.8, 4) is 5.82 Å². The molecule has 152 valence electrons. The lowest BCUT2D eigenvalue weighted by molar-refractivity contribution is 0.383. The van der Waals surface area contributed by atoms with E-state index in [1.54, 1.807) is 36.3 Å². The second kappa shape index (κ2) is 7.48. The number of rotatable bonds is 4. The number of hydrogen-bond acceptors (Lipinski definition) is 6. The molecule has 1 fully saturated rings. The van der Waals surface area contributed by atoms with Crippen molar-refractivity contribution in [2.24, 2.45) is 0 Å². The zero-order valence-electron chi connectivity index (χ0n) is 15.5. The highest BCUT2D eigenvalue weighted by atomic mass is 32.2. The molecule has 0 bridgehead atoms. The SMILES string of the molecule is Cc1nc(N2CCN(S(=O)(=O)c3cc(F)cc(F)c3)CC2)cc(-n2ccnc2)n1. The fraction of sp³-hybridized carbons (Fsp3) is 0.278. The number of aryl methyl sites for hydroxylation is 1. The summed E-state index contributed by atoms with van der Waals surface area (Å²) in [5.41, 5.74) is 0. The van der Waals surface area contributed by atoms with E-state index in [2.05, 4.69) is 15.0 Å². The molecule has 0 atom stereocenters. The van der Waals surface area contributed by atoms with E-state index in [9.17, 15) is 17.2 Å². The number of sulfonamides is 1. The van der Waals surface area contributed by atoms with Gasteiger partial charge in [-0.25, -0.2) is 32.2 Å². The third-order valence-electron chi connectivity index (χ3n) is 4.62. The maximum atomic E-state index is 13.4. The molecule has 0 radical (unpaired) electrons. The molecule has 0 unspecified atom stereocenters. The maximum absolute atomic E-state index is 13.4. The summed E-state index contributed by atoms with van der Waals surface area (Å²) < 4.78 is 55.4. The summed E-state index contributed by atoms with van der Waals surface area (Å²) in [5, 5.41) is 0. The Morgan fingerprint density at radius 3 is 2.21 bits per heavy atom. The molecule has 0 saturated carbocycles. The highest BCUT2D eigenvalue weighted by Crippen LogP contribution is 2.22. The van der Waals surface area contributed by atoms with Crippen LogP contribution in [0.15, 0.2) is 47.9 Å². The van der Waals surface area contributed by atoms with Gasteiger partial charge in [-0.3, -0.25) is 4.57 Å². The van der Waals surface area contributed by atoms with Crippen LogP contribution in [0.25, 0.3) is 5.82 Å². The van der Waals surface area contributed by atoms with E-state index in [4.69, 9.17) is 0 Å². The number of aromatic nitrogens is 4. The molecule has 0 spiro atoms. The summed E-state index contributed by atoms with van der Waals surface area (Å²) in [4.78, 5) is 14.4. The van der Waals surface area contributed by atoms with Crippen LogP contribution in [0.4, 0.5) is 14.6 Å². The van der Waals surface area contributed by atoms with Crippen LogP contribution in [0.1, 0.15) is 5.82 Å². The lowest BCUT2D eigenvalue weighted by atomic mass is 10.3. The molecule has 3 heterocycles. The molecule has 29 heavy (non-hydrogen) atoms. The molecule has 2 aromatic heterocycles. The first-order valence-electron chi connectivity index (χ1n) is 8.88. The highest BCUT2D eigenvalue weighted by Gasteiger charge is 2.30. The molecule has 1 saturated heterocycles. The second-order valence-electron chi connectivity index (χ2n) is 6.60. The molecule has 1 aliphatic heterocycles. The van der Waals surface area contributed by atoms with Crippen LogP contribution in [0.2, 0.25) is 0 Å². The summed E-state index contributed by atoms with van der Waals surface area (Å²) >= 11 is 0. The zero-order chi connectivity index (χ0) is 20.6. The molecule has 0 N–H and O–H groups in total. The van der Waals surface area contributed by atoms with Gasteiger partial charge in [-0.1, -0.05) is 0 Å². The molecule has 3 aromatic rings. The van der Waals surface area contributed by atoms with Gasteiger partial charge in [0.2, 0.25) is 10.0 Å². The monoisotopic (exact) mass is 420 g/mol. The van der Waals surface area contributed by atoms with Gasteiger partial charge in [-0.15, -0.1) is 0 Å². The smallest absolute Gasteiger partial charge is 0.243 e. The normalized spacial score (nSPS) is 15.6. The number of imidazole rings is 1. The minimum absolute atomic E-state index is 0.171. The predicted molar refractivity (Wildman–Crippen MR) is 101 cm³/mol. The fourth-order valence-corrected chi connectivity index (χ4v) is 4.67. The van der Waals surface area contributed by atoms with Crippen molar-refractivity contribution in [2.75, 3.05) is 31.1 Å². The molecule has 0 amide bonds. The molecule has 4 rings (SSSR count). The summed E-state index contributed by atoms with van der Waals surface area (Å²) in [5.74, 6) is 0.0678. The van der Waals surface area contributed by atoms with E-state index in [1.165, 1.54) is 4.31 Å². The number of nitrogens with zero attached hydrogens (tertiary/aromatic N) is 6. The maximum Gasteiger partial charge on any atom is 0.243 e. The third kappa shape index (κ3) is 3.96. The van der Waals surface area contributed by atoms with Gasteiger partial charge in [0.1, 0.15) is 35.4 Å². The molecule has 8 nitrogen and oxygen atoms in total.